The van der Waals surface area contributed by atoms with Gasteiger partial charge in [-0.05, 0) is 62.7 Å². The molecule has 0 spiro atoms. The van der Waals surface area contributed by atoms with Gasteiger partial charge < -0.3 is 4.74 Å². The average molecular weight is 294 g/mol. The van der Waals surface area contributed by atoms with E-state index in [1.807, 2.05) is 6.92 Å². The predicted molar refractivity (Wildman–Crippen MR) is 82.8 cm³/mol. The SMILES string of the molecule is CCOC(=O)CCC[C@@H](C)[C@H]1CCC2C(=O)CCC[C@@]21C. The molecule has 4 atom stereocenters. The first-order chi connectivity index (χ1) is 9.99. The van der Waals surface area contributed by atoms with E-state index in [4.69, 9.17) is 4.74 Å². The van der Waals surface area contributed by atoms with Gasteiger partial charge in [-0.15, -0.1) is 0 Å². The Morgan fingerprint density at radius 2 is 2.19 bits per heavy atom. The number of Topliss-reactive ketones (excluding diaryl/α,β-unsaturated/α-hetero) is 1. The Kier molecular flexibility index (Phi) is 5.45. The first kappa shape index (κ1) is 16.5. The van der Waals surface area contributed by atoms with Crippen LogP contribution in [0.15, 0.2) is 0 Å². The van der Waals surface area contributed by atoms with E-state index in [1.54, 1.807) is 0 Å². The van der Waals surface area contributed by atoms with E-state index in [9.17, 15) is 9.59 Å². The molecule has 0 aromatic heterocycles. The Labute approximate surface area is 128 Å². The Balaban J connectivity index is 1.86. The normalized spacial score (nSPS) is 33.6. The van der Waals surface area contributed by atoms with Gasteiger partial charge in [0.2, 0.25) is 0 Å². The van der Waals surface area contributed by atoms with Gasteiger partial charge in [0.15, 0.2) is 0 Å². The molecule has 3 nitrogen and oxygen atoms in total. The molecule has 0 amide bonds. The molecule has 0 heterocycles. The molecule has 0 saturated heterocycles. The van der Waals surface area contributed by atoms with E-state index in [-0.39, 0.29) is 11.4 Å². The number of carbonyl (C=O) groups is 2. The first-order valence-corrected chi connectivity index (χ1v) is 8.67. The summed E-state index contributed by atoms with van der Waals surface area (Å²) in [7, 11) is 0. The van der Waals surface area contributed by atoms with E-state index in [2.05, 4.69) is 13.8 Å². The third-order valence-corrected chi connectivity index (χ3v) is 5.97. The van der Waals surface area contributed by atoms with Crippen molar-refractivity contribution in [3.63, 3.8) is 0 Å². The molecule has 0 bridgehead atoms. The third kappa shape index (κ3) is 3.49. The van der Waals surface area contributed by atoms with Crippen molar-refractivity contribution in [2.75, 3.05) is 6.61 Å². The summed E-state index contributed by atoms with van der Waals surface area (Å²) in [4.78, 5) is 23.6. The molecule has 0 aromatic carbocycles. The number of hydrogen-bond donors (Lipinski definition) is 0. The topological polar surface area (TPSA) is 43.4 Å². The zero-order valence-corrected chi connectivity index (χ0v) is 13.8. The van der Waals surface area contributed by atoms with Crippen LogP contribution in [0.25, 0.3) is 0 Å². The largest absolute Gasteiger partial charge is 0.466 e. The maximum atomic E-state index is 12.2. The van der Waals surface area contributed by atoms with Crippen molar-refractivity contribution >= 4 is 11.8 Å². The van der Waals surface area contributed by atoms with Gasteiger partial charge in [0, 0.05) is 18.8 Å². The van der Waals surface area contributed by atoms with Crippen LogP contribution in [-0.2, 0) is 14.3 Å². The highest BCUT2D eigenvalue weighted by molar-refractivity contribution is 5.83. The van der Waals surface area contributed by atoms with Gasteiger partial charge in [0.25, 0.3) is 0 Å². The number of ether oxygens (including phenoxy) is 1. The average Bonchev–Trinajstić information content (AvgIpc) is 2.77. The van der Waals surface area contributed by atoms with Gasteiger partial charge in [-0.3, -0.25) is 9.59 Å². The highest BCUT2D eigenvalue weighted by atomic mass is 16.5. The summed E-state index contributed by atoms with van der Waals surface area (Å²) in [6.07, 6.45) is 7.85. The number of hydrogen-bond acceptors (Lipinski definition) is 3. The zero-order chi connectivity index (χ0) is 15.5. The van der Waals surface area contributed by atoms with Crippen LogP contribution in [-0.4, -0.2) is 18.4 Å². The molecular weight excluding hydrogens is 264 g/mol. The molecule has 0 N–H and O–H groups in total. The summed E-state index contributed by atoms with van der Waals surface area (Å²) in [5.74, 6) is 1.98. The van der Waals surface area contributed by atoms with Crippen LogP contribution in [0.5, 0.6) is 0 Å². The Hall–Kier alpha value is -0.860. The van der Waals surface area contributed by atoms with Crippen LogP contribution in [0, 0.1) is 23.2 Å². The van der Waals surface area contributed by atoms with Crippen molar-refractivity contribution in [3.8, 4) is 0 Å². The van der Waals surface area contributed by atoms with Gasteiger partial charge >= 0.3 is 5.97 Å². The summed E-state index contributed by atoms with van der Waals surface area (Å²) in [6.45, 7) is 6.97. The summed E-state index contributed by atoms with van der Waals surface area (Å²) >= 11 is 0. The van der Waals surface area contributed by atoms with Crippen LogP contribution < -0.4 is 0 Å². The lowest BCUT2D eigenvalue weighted by atomic mass is 9.62. The molecule has 21 heavy (non-hydrogen) atoms. The molecule has 1 unspecified atom stereocenters. The monoisotopic (exact) mass is 294 g/mol. The fraction of sp³-hybridized carbons (Fsp3) is 0.889. The zero-order valence-electron chi connectivity index (χ0n) is 13.8. The van der Waals surface area contributed by atoms with Crippen molar-refractivity contribution in [2.24, 2.45) is 23.2 Å². The summed E-state index contributed by atoms with van der Waals surface area (Å²) < 4.78 is 4.99. The van der Waals surface area contributed by atoms with Crippen molar-refractivity contribution in [2.45, 2.75) is 72.1 Å². The minimum absolute atomic E-state index is 0.0759. The summed E-state index contributed by atoms with van der Waals surface area (Å²) in [5.41, 5.74) is 0.221. The molecule has 0 radical (unpaired) electrons. The lowest BCUT2D eigenvalue weighted by Crippen LogP contribution is -2.39. The molecule has 0 aromatic rings. The number of esters is 1. The predicted octanol–water partition coefficient (Wildman–Crippen LogP) is 4.14. The van der Waals surface area contributed by atoms with Crippen LogP contribution in [0.3, 0.4) is 0 Å². The highest BCUT2D eigenvalue weighted by Gasteiger charge is 2.52. The van der Waals surface area contributed by atoms with Crippen molar-refractivity contribution in [3.05, 3.63) is 0 Å². The lowest BCUT2D eigenvalue weighted by Gasteiger charge is -2.42. The number of ketones is 1. The Bertz CT molecular complexity index is 390. The fourth-order valence-corrected chi connectivity index (χ4v) is 4.91. The molecule has 2 fully saturated rings. The summed E-state index contributed by atoms with van der Waals surface area (Å²) in [5, 5.41) is 0. The standard InChI is InChI=1S/C18H30O3/c1-4-21-17(20)9-5-7-13(2)14-10-11-15-16(19)8-6-12-18(14,15)3/h13-15H,4-12H2,1-3H3/t13-,14-,15?,18-/m1/s1. The number of fused-ring (bicyclic) bond motifs is 1. The molecule has 2 saturated carbocycles. The van der Waals surface area contributed by atoms with Crippen LogP contribution in [0.4, 0.5) is 0 Å². The molecular formula is C18H30O3. The fourth-order valence-electron chi connectivity index (χ4n) is 4.91. The minimum Gasteiger partial charge on any atom is -0.466 e. The van der Waals surface area contributed by atoms with E-state index in [0.717, 1.165) is 32.1 Å². The Morgan fingerprint density at radius 3 is 2.90 bits per heavy atom. The molecule has 2 aliphatic rings. The summed E-state index contributed by atoms with van der Waals surface area (Å²) in [6, 6.07) is 0. The minimum atomic E-state index is -0.0759. The van der Waals surface area contributed by atoms with Crippen molar-refractivity contribution in [1.82, 2.24) is 0 Å². The Morgan fingerprint density at radius 1 is 1.43 bits per heavy atom. The highest BCUT2D eigenvalue weighted by Crippen LogP contribution is 2.57. The van der Waals surface area contributed by atoms with Crippen molar-refractivity contribution in [1.29, 1.82) is 0 Å². The smallest absolute Gasteiger partial charge is 0.305 e. The van der Waals surface area contributed by atoms with Crippen molar-refractivity contribution < 1.29 is 14.3 Å². The maximum absolute atomic E-state index is 12.2. The van der Waals surface area contributed by atoms with Crippen LogP contribution in [0.1, 0.15) is 72.1 Å². The molecule has 0 aliphatic heterocycles. The number of carbonyl (C=O) groups excluding carboxylic acids is 2. The third-order valence-electron chi connectivity index (χ3n) is 5.97. The second kappa shape index (κ2) is 6.93. The van der Waals surface area contributed by atoms with E-state index < -0.39 is 0 Å². The van der Waals surface area contributed by atoms with E-state index >= 15 is 0 Å². The molecule has 120 valence electrons. The molecule has 2 aliphatic carbocycles. The van der Waals surface area contributed by atoms with Gasteiger partial charge in [-0.1, -0.05) is 13.8 Å². The second-order valence-corrected chi connectivity index (χ2v) is 7.24. The lowest BCUT2D eigenvalue weighted by molar-refractivity contribution is -0.143. The molecule has 2 rings (SSSR count). The van der Waals surface area contributed by atoms with Gasteiger partial charge in [0.1, 0.15) is 5.78 Å². The van der Waals surface area contributed by atoms with Crippen LogP contribution >= 0.6 is 0 Å². The van der Waals surface area contributed by atoms with Crippen LogP contribution in [0.2, 0.25) is 0 Å². The molecule has 3 heteroatoms. The van der Waals surface area contributed by atoms with Gasteiger partial charge in [0.05, 0.1) is 6.61 Å². The van der Waals surface area contributed by atoms with Gasteiger partial charge in [-0.2, -0.15) is 0 Å². The maximum Gasteiger partial charge on any atom is 0.305 e. The van der Waals surface area contributed by atoms with Gasteiger partial charge in [-0.25, -0.2) is 0 Å². The van der Waals surface area contributed by atoms with E-state index in [1.165, 1.54) is 12.8 Å². The van der Waals surface area contributed by atoms with E-state index in [0.29, 0.717) is 36.6 Å². The quantitative estimate of drug-likeness (QED) is 0.691. The second-order valence-electron chi connectivity index (χ2n) is 7.24. The number of rotatable bonds is 6. The first-order valence-electron chi connectivity index (χ1n) is 8.67.